The molecule has 4 nitrogen and oxygen atoms in total. The second-order valence-corrected chi connectivity index (χ2v) is 13.8. The largest absolute Gasteiger partial charge is 0.382 e. The maximum atomic E-state index is 14.0. The summed E-state index contributed by atoms with van der Waals surface area (Å²) in [5.41, 5.74) is 8.71. The van der Waals surface area contributed by atoms with Gasteiger partial charge in [0.25, 0.3) is 5.92 Å². The SMILES string of the molecule is C=C(NC/C=C/C=C\CC)c1ccccc1C(=C)NC1CCN(CCCCC2(C(=C)NCC(C)(F)F)c3ccccc3-c3ccccc32)CC1. The zero-order valence-electron chi connectivity index (χ0n) is 29.9. The summed E-state index contributed by atoms with van der Waals surface area (Å²) in [6, 6.07) is 25.4. The molecule has 1 heterocycles. The molecular formula is C44H54F2N4. The quantitative estimate of drug-likeness (QED) is 0.0927. The van der Waals surface area contributed by atoms with E-state index in [2.05, 4.69) is 120 Å². The van der Waals surface area contributed by atoms with E-state index in [9.17, 15) is 8.78 Å². The van der Waals surface area contributed by atoms with Crippen molar-refractivity contribution in [1.82, 2.24) is 20.9 Å². The third-order valence-corrected chi connectivity index (χ3v) is 10.1. The van der Waals surface area contributed by atoms with Gasteiger partial charge >= 0.3 is 0 Å². The van der Waals surface area contributed by atoms with Crippen molar-refractivity contribution in [2.75, 3.05) is 32.7 Å². The van der Waals surface area contributed by atoms with Crippen molar-refractivity contribution < 1.29 is 8.78 Å². The molecule has 0 saturated carbocycles. The Hall–Kier alpha value is -4.42. The lowest BCUT2D eigenvalue weighted by Crippen LogP contribution is -2.42. The Morgan fingerprint density at radius 3 is 2.02 bits per heavy atom. The zero-order valence-corrected chi connectivity index (χ0v) is 29.9. The van der Waals surface area contributed by atoms with Gasteiger partial charge in [-0.2, -0.15) is 0 Å². The molecule has 3 N–H and O–H groups in total. The lowest BCUT2D eigenvalue weighted by molar-refractivity contribution is 0.0244. The smallest absolute Gasteiger partial charge is 0.262 e. The number of nitrogens with zero attached hydrogens (tertiary/aromatic N) is 1. The number of unbranched alkanes of at least 4 members (excludes halogenated alkanes) is 1. The van der Waals surface area contributed by atoms with Gasteiger partial charge in [-0.3, -0.25) is 0 Å². The van der Waals surface area contributed by atoms with Crippen LogP contribution < -0.4 is 16.0 Å². The van der Waals surface area contributed by atoms with Crippen LogP contribution in [0.5, 0.6) is 0 Å². The molecule has 3 aromatic carbocycles. The van der Waals surface area contributed by atoms with E-state index in [1.165, 1.54) is 11.1 Å². The van der Waals surface area contributed by atoms with Gasteiger partial charge in [-0.15, -0.1) is 0 Å². The topological polar surface area (TPSA) is 39.3 Å². The van der Waals surface area contributed by atoms with Gasteiger partial charge in [-0.1, -0.05) is 130 Å². The van der Waals surface area contributed by atoms with Crippen molar-refractivity contribution in [2.24, 2.45) is 0 Å². The fourth-order valence-corrected chi connectivity index (χ4v) is 7.48. The van der Waals surface area contributed by atoms with Gasteiger partial charge in [0.05, 0.1) is 12.0 Å². The average molecular weight is 677 g/mol. The number of benzene rings is 3. The first kappa shape index (κ1) is 36.9. The van der Waals surface area contributed by atoms with Gasteiger partial charge in [0.15, 0.2) is 0 Å². The molecular weight excluding hydrogens is 623 g/mol. The number of alkyl halides is 2. The minimum absolute atomic E-state index is 0.363. The minimum atomic E-state index is -2.83. The van der Waals surface area contributed by atoms with Crippen LogP contribution >= 0.6 is 0 Å². The van der Waals surface area contributed by atoms with Crippen LogP contribution in [-0.4, -0.2) is 49.6 Å². The first-order valence-corrected chi connectivity index (χ1v) is 18.2. The molecule has 1 saturated heterocycles. The highest BCUT2D eigenvalue weighted by molar-refractivity contribution is 5.83. The lowest BCUT2D eigenvalue weighted by atomic mass is 9.72. The Labute approximate surface area is 298 Å². The minimum Gasteiger partial charge on any atom is -0.382 e. The number of halogens is 2. The van der Waals surface area contributed by atoms with Crippen molar-refractivity contribution in [3.63, 3.8) is 0 Å². The molecule has 0 bridgehead atoms. The van der Waals surface area contributed by atoms with Crippen LogP contribution in [0.25, 0.3) is 22.5 Å². The van der Waals surface area contributed by atoms with E-state index in [4.69, 9.17) is 0 Å². The van der Waals surface area contributed by atoms with Crippen molar-refractivity contribution in [1.29, 1.82) is 0 Å². The molecule has 264 valence electrons. The number of hydrogen-bond donors (Lipinski definition) is 3. The Morgan fingerprint density at radius 1 is 0.820 bits per heavy atom. The molecule has 1 fully saturated rings. The number of allylic oxidation sites excluding steroid dienone is 4. The van der Waals surface area contributed by atoms with Gasteiger partial charge in [0.2, 0.25) is 0 Å². The molecule has 0 radical (unpaired) electrons. The van der Waals surface area contributed by atoms with Crippen LogP contribution in [-0.2, 0) is 5.41 Å². The monoisotopic (exact) mass is 676 g/mol. The van der Waals surface area contributed by atoms with Crippen molar-refractivity contribution in [3.05, 3.63) is 145 Å². The zero-order chi connectivity index (χ0) is 35.6. The molecule has 50 heavy (non-hydrogen) atoms. The van der Waals surface area contributed by atoms with E-state index in [1.54, 1.807) is 0 Å². The summed E-state index contributed by atoms with van der Waals surface area (Å²) in [7, 11) is 0. The number of nitrogens with one attached hydrogen (secondary N) is 3. The van der Waals surface area contributed by atoms with Crippen LogP contribution in [0.2, 0.25) is 0 Å². The standard InChI is InChI=1S/C44H54F2N4/c1-6-7-8-9-17-28-47-33(2)37-19-10-11-20-38(37)34(3)49-36-25-30-50(31-26-36)29-18-16-27-44(35(4)48-32-43(5,45)46)41-23-14-12-21-39(41)40-22-13-15-24-42(40)44/h7-15,17,19-24,36,47-49H,2-4,6,16,18,25-32H2,1,5H3/b8-7-,17-9+. The number of hydrogen-bond acceptors (Lipinski definition) is 4. The highest BCUT2D eigenvalue weighted by Crippen LogP contribution is 2.54. The molecule has 0 amide bonds. The van der Waals surface area contributed by atoms with Crippen LogP contribution in [0.15, 0.2) is 123 Å². The number of rotatable bonds is 18. The molecule has 1 aliphatic carbocycles. The second kappa shape index (κ2) is 17.0. The summed E-state index contributed by atoms with van der Waals surface area (Å²) in [6.45, 7) is 19.5. The van der Waals surface area contributed by atoms with Crippen molar-refractivity contribution >= 4 is 11.4 Å². The third kappa shape index (κ3) is 8.83. The van der Waals surface area contributed by atoms with Gasteiger partial charge in [-0.05, 0) is 60.9 Å². The molecule has 5 rings (SSSR count). The third-order valence-electron chi connectivity index (χ3n) is 10.1. The Balaban J connectivity index is 1.14. The van der Waals surface area contributed by atoms with Crippen LogP contribution in [0.1, 0.15) is 74.6 Å². The second-order valence-electron chi connectivity index (χ2n) is 13.8. The van der Waals surface area contributed by atoms with Crippen molar-refractivity contribution in [2.45, 2.75) is 69.8 Å². The van der Waals surface area contributed by atoms with Crippen LogP contribution in [0, 0.1) is 0 Å². The Kier molecular flexibility index (Phi) is 12.5. The molecule has 3 aromatic rings. The molecule has 0 spiro atoms. The highest BCUT2D eigenvalue weighted by atomic mass is 19.3. The van der Waals surface area contributed by atoms with Crippen LogP contribution in [0.4, 0.5) is 8.78 Å². The van der Waals surface area contributed by atoms with Crippen LogP contribution in [0.3, 0.4) is 0 Å². The number of piperidine rings is 1. The summed E-state index contributed by atoms with van der Waals surface area (Å²) < 4.78 is 28.0. The van der Waals surface area contributed by atoms with Gasteiger partial charge < -0.3 is 20.9 Å². The summed E-state index contributed by atoms with van der Waals surface area (Å²) in [5.74, 6) is -2.83. The summed E-state index contributed by atoms with van der Waals surface area (Å²) in [4.78, 5) is 2.55. The van der Waals surface area contributed by atoms with Gasteiger partial charge in [-0.25, -0.2) is 8.78 Å². The van der Waals surface area contributed by atoms with E-state index in [1.807, 2.05) is 24.3 Å². The summed E-state index contributed by atoms with van der Waals surface area (Å²) in [6.07, 6.45) is 14.3. The van der Waals surface area contributed by atoms with E-state index < -0.39 is 17.9 Å². The fourth-order valence-electron chi connectivity index (χ4n) is 7.48. The first-order valence-electron chi connectivity index (χ1n) is 18.2. The molecule has 0 unspecified atom stereocenters. The molecule has 1 aliphatic heterocycles. The first-order chi connectivity index (χ1) is 24.1. The summed E-state index contributed by atoms with van der Waals surface area (Å²) >= 11 is 0. The van der Waals surface area contributed by atoms with E-state index in [-0.39, 0.29) is 0 Å². The molecule has 6 heteroatoms. The number of likely N-dealkylation sites (tertiary alicyclic amines) is 1. The van der Waals surface area contributed by atoms with E-state index >= 15 is 0 Å². The van der Waals surface area contributed by atoms with E-state index in [0.717, 1.165) is 98.7 Å². The Bertz CT molecular complexity index is 1640. The predicted octanol–water partition coefficient (Wildman–Crippen LogP) is 9.69. The van der Waals surface area contributed by atoms with Gasteiger partial charge in [0, 0.05) is 60.8 Å². The normalized spacial score (nSPS) is 15.9. The average Bonchev–Trinajstić information content (AvgIpc) is 3.41. The Morgan fingerprint density at radius 2 is 1.40 bits per heavy atom. The van der Waals surface area contributed by atoms with Gasteiger partial charge in [0.1, 0.15) is 0 Å². The maximum Gasteiger partial charge on any atom is 0.262 e. The lowest BCUT2D eigenvalue weighted by Gasteiger charge is -2.36. The number of fused-ring (bicyclic) bond motifs is 3. The maximum absolute atomic E-state index is 14.0. The van der Waals surface area contributed by atoms with E-state index in [0.29, 0.717) is 18.3 Å². The predicted molar refractivity (Wildman–Crippen MR) is 208 cm³/mol. The summed E-state index contributed by atoms with van der Waals surface area (Å²) in [5, 5.41) is 10.2. The highest BCUT2D eigenvalue weighted by Gasteiger charge is 2.45. The van der Waals surface area contributed by atoms with Crippen molar-refractivity contribution in [3.8, 4) is 11.1 Å². The fraction of sp³-hybridized carbons (Fsp3) is 0.364. The molecule has 0 atom stereocenters. The molecule has 0 aromatic heterocycles. The molecule has 2 aliphatic rings.